The van der Waals surface area contributed by atoms with Gasteiger partial charge in [0.15, 0.2) is 0 Å². The van der Waals surface area contributed by atoms with Crippen molar-refractivity contribution in [2.45, 2.75) is 18.7 Å². The number of nitrogens with one attached hydrogen (secondary N) is 1. The van der Waals surface area contributed by atoms with E-state index in [1.165, 1.54) is 35.7 Å². The maximum absolute atomic E-state index is 12.9. The number of hydrogen-bond acceptors (Lipinski definition) is 6. The third-order valence-electron chi connectivity index (χ3n) is 5.19. The van der Waals surface area contributed by atoms with Crippen molar-refractivity contribution < 1.29 is 22.7 Å². The minimum Gasteiger partial charge on any atom is -0.465 e. The van der Waals surface area contributed by atoms with E-state index >= 15 is 0 Å². The Morgan fingerprint density at radius 2 is 1.70 bits per heavy atom. The molecule has 0 saturated carbocycles. The molecule has 1 saturated heterocycles. The first-order valence-corrected chi connectivity index (χ1v) is 10.7. The Balaban J connectivity index is 1.73. The Morgan fingerprint density at radius 1 is 1.10 bits per heavy atom. The lowest BCUT2D eigenvalue weighted by molar-refractivity contribution is 0.0599. The molecular formula is C20H22N4O5S. The van der Waals surface area contributed by atoms with Crippen LogP contribution in [0.5, 0.6) is 0 Å². The van der Waals surface area contributed by atoms with Gasteiger partial charge in [0.25, 0.3) is 5.91 Å². The zero-order valence-electron chi connectivity index (χ0n) is 16.9. The fourth-order valence-corrected chi connectivity index (χ4v) is 4.93. The first-order chi connectivity index (χ1) is 14.2. The summed E-state index contributed by atoms with van der Waals surface area (Å²) in [5, 5.41) is 8.86. The molecule has 1 aromatic carbocycles. The fraction of sp³-hybridized carbons (Fsp3) is 0.350. The minimum absolute atomic E-state index is 0.111. The number of H-pyrrole nitrogens is 1. The smallest absolute Gasteiger partial charge is 0.339 e. The van der Waals surface area contributed by atoms with E-state index in [0.29, 0.717) is 28.1 Å². The summed E-state index contributed by atoms with van der Waals surface area (Å²) in [6, 6.07) is 7.69. The largest absolute Gasteiger partial charge is 0.465 e. The van der Waals surface area contributed by atoms with Gasteiger partial charge < -0.3 is 14.6 Å². The molecule has 1 aliphatic heterocycles. The second-order valence-electron chi connectivity index (χ2n) is 6.95. The third kappa shape index (κ3) is 3.81. The Labute approximate surface area is 174 Å². The molecule has 30 heavy (non-hydrogen) atoms. The molecule has 3 rings (SSSR count). The lowest BCUT2D eigenvalue weighted by atomic mass is 10.1. The molecule has 0 spiro atoms. The van der Waals surface area contributed by atoms with Gasteiger partial charge in [-0.25, -0.2) is 13.2 Å². The molecule has 1 N–H and O–H groups in total. The van der Waals surface area contributed by atoms with E-state index in [2.05, 4.69) is 4.98 Å². The first-order valence-electron chi connectivity index (χ1n) is 9.27. The molecule has 9 nitrogen and oxygen atoms in total. The zero-order valence-corrected chi connectivity index (χ0v) is 17.7. The monoisotopic (exact) mass is 430 g/mol. The molecule has 2 aromatic rings. The van der Waals surface area contributed by atoms with Crippen LogP contribution in [0.15, 0.2) is 29.2 Å². The highest BCUT2D eigenvalue weighted by Crippen LogP contribution is 2.22. The van der Waals surface area contributed by atoms with Gasteiger partial charge in [-0.3, -0.25) is 4.79 Å². The van der Waals surface area contributed by atoms with Crippen molar-refractivity contribution in [2.24, 2.45) is 0 Å². The van der Waals surface area contributed by atoms with Gasteiger partial charge in [0, 0.05) is 31.9 Å². The SMILES string of the molecule is COC(=O)c1c(C)[nH]c(C(=O)N2CCN(S(=O)(=O)c3ccc(C#N)cc3)CC2)c1C. The number of benzene rings is 1. The number of rotatable bonds is 4. The molecule has 0 aliphatic carbocycles. The summed E-state index contributed by atoms with van der Waals surface area (Å²) in [6.45, 7) is 4.11. The molecule has 10 heteroatoms. The number of amides is 1. The zero-order chi connectivity index (χ0) is 22.1. The molecule has 0 radical (unpaired) electrons. The van der Waals surface area contributed by atoms with E-state index in [0.717, 1.165) is 0 Å². The van der Waals surface area contributed by atoms with Gasteiger partial charge in [0.2, 0.25) is 10.0 Å². The van der Waals surface area contributed by atoms with Crippen LogP contribution in [0.4, 0.5) is 0 Å². The van der Waals surface area contributed by atoms with E-state index < -0.39 is 16.0 Å². The highest BCUT2D eigenvalue weighted by atomic mass is 32.2. The number of aromatic nitrogens is 1. The standard InChI is InChI=1S/C20H22N4O5S/c1-13-17(20(26)29-3)14(2)22-18(13)19(25)23-8-10-24(11-9-23)30(27,28)16-6-4-15(12-21)5-7-16/h4-7,22H,8-11H2,1-3H3. The van der Waals surface area contributed by atoms with Crippen LogP contribution in [0, 0.1) is 25.2 Å². The molecule has 0 bridgehead atoms. The average Bonchev–Trinajstić information content (AvgIpc) is 3.06. The van der Waals surface area contributed by atoms with E-state index in [1.807, 2.05) is 6.07 Å². The van der Waals surface area contributed by atoms with Crippen molar-refractivity contribution in [3.63, 3.8) is 0 Å². The second-order valence-corrected chi connectivity index (χ2v) is 8.89. The van der Waals surface area contributed by atoms with Crippen molar-refractivity contribution >= 4 is 21.9 Å². The number of methoxy groups -OCH3 is 1. The number of aryl methyl sites for hydroxylation is 1. The number of hydrogen-bond donors (Lipinski definition) is 1. The predicted octanol–water partition coefficient (Wildman–Crippen LogP) is 1.44. The van der Waals surface area contributed by atoms with Crippen LogP contribution in [0.3, 0.4) is 0 Å². The van der Waals surface area contributed by atoms with E-state index in [1.54, 1.807) is 18.7 Å². The molecule has 0 atom stereocenters. The average molecular weight is 430 g/mol. The molecule has 158 valence electrons. The number of nitrogens with zero attached hydrogens (tertiary/aromatic N) is 3. The van der Waals surface area contributed by atoms with Crippen molar-refractivity contribution in [3.8, 4) is 6.07 Å². The van der Waals surface area contributed by atoms with E-state index in [4.69, 9.17) is 10.00 Å². The molecule has 1 fully saturated rings. The van der Waals surface area contributed by atoms with Crippen molar-refractivity contribution in [2.75, 3.05) is 33.3 Å². The summed E-state index contributed by atoms with van der Waals surface area (Å²) in [5.74, 6) is -0.806. The minimum atomic E-state index is -3.71. The van der Waals surface area contributed by atoms with Crippen molar-refractivity contribution in [3.05, 3.63) is 52.3 Å². The summed E-state index contributed by atoms with van der Waals surface area (Å²) in [7, 11) is -2.43. The quantitative estimate of drug-likeness (QED) is 0.732. The van der Waals surface area contributed by atoms with E-state index in [9.17, 15) is 18.0 Å². The van der Waals surface area contributed by atoms with Gasteiger partial charge in [0.05, 0.1) is 29.2 Å². The van der Waals surface area contributed by atoms with Crippen LogP contribution in [-0.4, -0.2) is 67.8 Å². The van der Waals surface area contributed by atoms with Gasteiger partial charge in [-0.1, -0.05) is 0 Å². The molecule has 1 amide bonds. The Hall–Kier alpha value is -3.16. The Morgan fingerprint density at radius 3 is 2.23 bits per heavy atom. The van der Waals surface area contributed by atoms with Crippen LogP contribution in [-0.2, 0) is 14.8 Å². The summed E-state index contributed by atoms with van der Waals surface area (Å²) in [4.78, 5) is 29.5. The number of piperazine rings is 1. The molecule has 1 aromatic heterocycles. The molecule has 2 heterocycles. The van der Waals surface area contributed by atoms with Crippen molar-refractivity contribution in [1.82, 2.24) is 14.2 Å². The Kier molecular flexibility index (Phi) is 5.96. The highest BCUT2D eigenvalue weighted by molar-refractivity contribution is 7.89. The topological polar surface area (TPSA) is 124 Å². The van der Waals surface area contributed by atoms with Crippen LogP contribution in [0.2, 0.25) is 0 Å². The summed E-state index contributed by atoms with van der Waals surface area (Å²) < 4.78 is 31.7. The molecule has 0 unspecified atom stereocenters. The fourth-order valence-electron chi connectivity index (χ4n) is 3.51. The van der Waals surface area contributed by atoms with Gasteiger partial charge in [-0.05, 0) is 43.7 Å². The summed E-state index contributed by atoms with van der Waals surface area (Å²) in [5.41, 5.74) is 2.08. The highest BCUT2D eigenvalue weighted by Gasteiger charge is 2.32. The predicted molar refractivity (Wildman–Crippen MR) is 107 cm³/mol. The van der Waals surface area contributed by atoms with Gasteiger partial charge >= 0.3 is 5.97 Å². The molecular weight excluding hydrogens is 408 g/mol. The van der Waals surface area contributed by atoms with Crippen LogP contribution >= 0.6 is 0 Å². The van der Waals surface area contributed by atoms with E-state index in [-0.39, 0.29) is 37.0 Å². The lowest BCUT2D eigenvalue weighted by Crippen LogP contribution is -2.50. The number of nitriles is 1. The van der Waals surface area contributed by atoms with Crippen LogP contribution in [0.1, 0.15) is 37.7 Å². The summed E-state index contributed by atoms with van der Waals surface area (Å²) in [6.07, 6.45) is 0. The Bertz CT molecular complexity index is 1120. The second kappa shape index (κ2) is 8.30. The number of ether oxygens (including phenoxy) is 1. The number of carbonyl (C=O) groups is 2. The summed E-state index contributed by atoms with van der Waals surface area (Å²) >= 11 is 0. The van der Waals surface area contributed by atoms with Crippen molar-refractivity contribution in [1.29, 1.82) is 5.26 Å². The third-order valence-corrected chi connectivity index (χ3v) is 7.10. The lowest BCUT2D eigenvalue weighted by Gasteiger charge is -2.34. The van der Waals surface area contributed by atoms with Crippen LogP contribution in [0.25, 0.3) is 0 Å². The van der Waals surface area contributed by atoms with Gasteiger partial charge in [0.1, 0.15) is 5.69 Å². The number of carbonyl (C=O) groups excluding carboxylic acids is 2. The van der Waals surface area contributed by atoms with Gasteiger partial charge in [-0.2, -0.15) is 9.57 Å². The number of sulfonamides is 1. The van der Waals surface area contributed by atoms with Gasteiger partial charge in [-0.15, -0.1) is 0 Å². The maximum Gasteiger partial charge on any atom is 0.339 e. The number of aromatic amines is 1. The normalized spacial score (nSPS) is 14.9. The maximum atomic E-state index is 12.9. The first kappa shape index (κ1) is 21.5. The number of esters is 1. The van der Waals surface area contributed by atoms with Crippen LogP contribution < -0.4 is 0 Å². The molecule has 1 aliphatic rings.